The third-order valence-corrected chi connectivity index (χ3v) is 3.33. The number of rotatable bonds is 1. The number of hydrogen-bond donors (Lipinski definition) is 0. The molecule has 2 fully saturated rings. The van der Waals surface area contributed by atoms with Crippen molar-refractivity contribution in [1.29, 1.82) is 0 Å². The molecule has 13 heavy (non-hydrogen) atoms. The average molecular weight is 183 g/mol. The van der Waals surface area contributed by atoms with Crippen molar-refractivity contribution in [3.8, 4) is 0 Å². The van der Waals surface area contributed by atoms with Crippen molar-refractivity contribution in [2.45, 2.75) is 57.8 Å². The van der Waals surface area contributed by atoms with Crippen molar-refractivity contribution in [1.82, 2.24) is 4.90 Å². The van der Waals surface area contributed by atoms with Gasteiger partial charge in [0.25, 0.3) is 0 Å². The van der Waals surface area contributed by atoms with E-state index < -0.39 is 0 Å². The normalized spacial score (nSPS) is 42.5. The van der Waals surface area contributed by atoms with Crippen LogP contribution in [0.15, 0.2) is 0 Å². The summed E-state index contributed by atoms with van der Waals surface area (Å²) in [6, 6.07) is 0.807. The van der Waals surface area contributed by atoms with Crippen LogP contribution in [0.3, 0.4) is 0 Å². The largest absolute Gasteiger partial charge is 0.375 e. The fourth-order valence-electron chi connectivity index (χ4n) is 2.78. The summed E-state index contributed by atoms with van der Waals surface area (Å²) in [6.45, 7) is 7.06. The van der Waals surface area contributed by atoms with E-state index in [1.807, 2.05) is 0 Å². The molecule has 2 saturated heterocycles. The lowest BCUT2D eigenvalue weighted by Gasteiger charge is -2.37. The first-order valence-corrected chi connectivity index (χ1v) is 5.65. The van der Waals surface area contributed by atoms with E-state index in [0.29, 0.717) is 12.2 Å². The quantitative estimate of drug-likeness (QED) is 0.617. The minimum absolute atomic E-state index is 0.467. The van der Waals surface area contributed by atoms with Crippen molar-refractivity contribution in [2.75, 3.05) is 13.1 Å². The molecule has 0 bridgehead atoms. The second-order valence-electron chi connectivity index (χ2n) is 4.63. The lowest BCUT2D eigenvalue weighted by molar-refractivity contribution is -0.0616. The van der Waals surface area contributed by atoms with Gasteiger partial charge in [-0.3, -0.25) is 0 Å². The van der Waals surface area contributed by atoms with Crippen molar-refractivity contribution < 1.29 is 4.74 Å². The maximum Gasteiger partial charge on any atom is 0.0565 e. The van der Waals surface area contributed by atoms with Gasteiger partial charge in [-0.2, -0.15) is 0 Å². The molecule has 1 unspecified atom stereocenters. The zero-order valence-electron chi connectivity index (χ0n) is 8.83. The molecular weight excluding hydrogens is 162 g/mol. The first kappa shape index (κ1) is 9.47. The molecule has 0 N–H and O–H groups in total. The van der Waals surface area contributed by atoms with E-state index in [4.69, 9.17) is 4.74 Å². The molecule has 0 saturated carbocycles. The van der Waals surface area contributed by atoms with Crippen LogP contribution in [-0.4, -0.2) is 36.2 Å². The van der Waals surface area contributed by atoms with E-state index in [9.17, 15) is 0 Å². The first-order valence-electron chi connectivity index (χ1n) is 5.65. The molecule has 0 spiro atoms. The molecule has 0 aliphatic carbocycles. The van der Waals surface area contributed by atoms with Crippen LogP contribution in [0.2, 0.25) is 0 Å². The topological polar surface area (TPSA) is 12.5 Å². The Balaban J connectivity index is 1.90. The van der Waals surface area contributed by atoms with Gasteiger partial charge in [0.2, 0.25) is 0 Å². The minimum atomic E-state index is 0.467. The van der Waals surface area contributed by atoms with E-state index in [2.05, 4.69) is 18.7 Å². The van der Waals surface area contributed by atoms with E-state index in [-0.39, 0.29) is 0 Å². The van der Waals surface area contributed by atoms with Crippen LogP contribution in [0.25, 0.3) is 0 Å². The molecule has 2 aliphatic rings. The van der Waals surface area contributed by atoms with E-state index in [0.717, 1.165) is 6.04 Å². The summed E-state index contributed by atoms with van der Waals surface area (Å²) < 4.78 is 5.75. The molecule has 2 aliphatic heterocycles. The molecule has 0 aromatic rings. The molecule has 76 valence electrons. The summed E-state index contributed by atoms with van der Waals surface area (Å²) in [4.78, 5) is 2.66. The highest BCUT2D eigenvalue weighted by atomic mass is 16.5. The van der Waals surface area contributed by atoms with Crippen LogP contribution >= 0.6 is 0 Å². The molecule has 0 aromatic heterocycles. The smallest absolute Gasteiger partial charge is 0.0565 e. The Morgan fingerprint density at radius 1 is 1.00 bits per heavy atom. The fourth-order valence-corrected chi connectivity index (χ4v) is 2.78. The molecule has 3 atom stereocenters. The summed E-state index contributed by atoms with van der Waals surface area (Å²) >= 11 is 0. The Morgan fingerprint density at radius 2 is 1.54 bits per heavy atom. The predicted octanol–water partition coefficient (Wildman–Crippen LogP) is 2.04. The van der Waals surface area contributed by atoms with Crippen LogP contribution < -0.4 is 0 Å². The van der Waals surface area contributed by atoms with Gasteiger partial charge in [-0.15, -0.1) is 0 Å². The lowest BCUT2D eigenvalue weighted by Crippen LogP contribution is -2.42. The third-order valence-electron chi connectivity index (χ3n) is 3.33. The molecule has 0 amide bonds. The molecule has 2 heterocycles. The Hall–Kier alpha value is -0.0800. The van der Waals surface area contributed by atoms with Gasteiger partial charge in [-0.1, -0.05) is 0 Å². The Kier molecular flexibility index (Phi) is 2.89. The first-order chi connectivity index (χ1) is 6.25. The Labute approximate surface area is 81.3 Å². The van der Waals surface area contributed by atoms with Gasteiger partial charge in [0.05, 0.1) is 12.2 Å². The fraction of sp³-hybridized carbons (Fsp3) is 1.00. The van der Waals surface area contributed by atoms with Crippen molar-refractivity contribution in [3.05, 3.63) is 0 Å². The predicted molar refractivity (Wildman–Crippen MR) is 53.8 cm³/mol. The Bertz CT molecular complexity index is 155. The number of ether oxygens (including phenoxy) is 1. The Morgan fingerprint density at radius 3 is 2.08 bits per heavy atom. The van der Waals surface area contributed by atoms with Gasteiger partial charge < -0.3 is 9.64 Å². The van der Waals surface area contributed by atoms with Crippen LogP contribution in [0.5, 0.6) is 0 Å². The van der Waals surface area contributed by atoms with Crippen LogP contribution in [-0.2, 0) is 4.74 Å². The maximum absolute atomic E-state index is 5.75. The summed E-state index contributed by atoms with van der Waals surface area (Å²) in [5, 5.41) is 0. The molecule has 2 heteroatoms. The van der Waals surface area contributed by atoms with E-state index >= 15 is 0 Å². The van der Waals surface area contributed by atoms with Crippen molar-refractivity contribution in [3.63, 3.8) is 0 Å². The van der Waals surface area contributed by atoms with Crippen LogP contribution in [0.1, 0.15) is 39.5 Å². The maximum atomic E-state index is 5.75. The van der Waals surface area contributed by atoms with Gasteiger partial charge >= 0.3 is 0 Å². The van der Waals surface area contributed by atoms with Crippen molar-refractivity contribution >= 4 is 0 Å². The zero-order chi connectivity index (χ0) is 9.26. The minimum Gasteiger partial charge on any atom is -0.375 e. The van der Waals surface area contributed by atoms with Gasteiger partial charge in [-0.25, -0.2) is 0 Å². The summed E-state index contributed by atoms with van der Waals surface area (Å²) in [6.07, 6.45) is 6.22. The highest BCUT2D eigenvalue weighted by Gasteiger charge is 2.29. The average Bonchev–Trinajstić information content (AvgIpc) is 2.53. The zero-order valence-corrected chi connectivity index (χ0v) is 8.83. The second kappa shape index (κ2) is 3.97. The summed E-state index contributed by atoms with van der Waals surface area (Å²) in [5.74, 6) is 0. The van der Waals surface area contributed by atoms with Crippen LogP contribution in [0.4, 0.5) is 0 Å². The number of nitrogens with zero attached hydrogens (tertiary/aromatic N) is 1. The molecule has 2 nitrogen and oxygen atoms in total. The van der Waals surface area contributed by atoms with Crippen molar-refractivity contribution in [2.24, 2.45) is 0 Å². The SMILES string of the molecule is C[C@@H]1CC(N2CCCC2)C[C@H](C)O1. The second-order valence-corrected chi connectivity index (χ2v) is 4.63. The summed E-state index contributed by atoms with van der Waals surface area (Å²) in [7, 11) is 0. The standard InChI is InChI=1S/C11H21NO/c1-9-7-11(8-10(2)13-9)12-5-3-4-6-12/h9-11H,3-8H2,1-2H3/t9-,10+,11?. The monoisotopic (exact) mass is 183 g/mol. The molecule has 0 radical (unpaired) electrons. The number of hydrogen-bond acceptors (Lipinski definition) is 2. The third kappa shape index (κ3) is 2.23. The summed E-state index contributed by atoms with van der Waals surface area (Å²) in [5.41, 5.74) is 0. The highest BCUT2D eigenvalue weighted by molar-refractivity contribution is 4.83. The van der Waals surface area contributed by atoms with E-state index in [1.54, 1.807) is 0 Å². The molecule has 2 rings (SSSR count). The molecule has 0 aromatic carbocycles. The molecular formula is C11H21NO. The van der Waals surface area contributed by atoms with Gasteiger partial charge in [0, 0.05) is 6.04 Å². The number of likely N-dealkylation sites (tertiary alicyclic amines) is 1. The van der Waals surface area contributed by atoms with Crippen LogP contribution in [0, 0.1) is 0 Å². The van der Waals surface area contributed by atoms with Gasteiger partial charge in [-0.05, 0) is 52.6 Å². The van der Waals surface area contributed by atoms with Gasteiger partial charge in [0.15, 0.2) is 0 Å². The lowest BCUT2D eigenvalue weighted by atomic mass is 9.99. The van der Waals surface area contributed by atoms with E-state index in [1.165, 1.54) is 38.8 Å². The highest BCUT2D eigenvalue weighted by Crippen LogP contribution is 2.25. The van der Waals surface area contributed by atoms with Gasteiger partial charge in [0.1, 0.15) is 0 Å².